The van der Waals surface area contributed by atoms with Crippen LogP contribution in [0, 0.1) is 23.3 Å². The minimum Gasteiger partial charge on any atom is -0.382 e. The molecule has 2 aromatic heterocycles. The van der Waals surface area contributed by atoms with Crippen molar-refractivity contribution in [1.29, 1.82) is 0 Å². The Morgan fingerprint density at radius 1 is 0.524 bits per heavy atom. The fourth-order valence-electron chi connectivity index (χ4n) is 5.04. The van der Waals surface area contributed by atoms with E-state index >= 15 is 0 Å². The average Bonchev–Trinajstić information content (AvgIpc) is 2.98. The van der Waals surface area contributed by atoms with Crippen molar-refractivity contribution in [2.45, 2.75) is 0 Å². The summed E-state index contributed by atoms with van der Waals surface area (Å²) in [5.41, 5.74) is 2.59. The van der Waals surface area contributed by atoms with E-state index in [0.717, 1.165) is 22.9 Å². The number of para-hydroxylation sites is 2. The normalized spacial score (nSPS) is 11.6. The summed E-state index contributed by atoms with van der Waals surface area (Å²) in [6, 6.07) is 18.8. The number of hydrogen-bond donors (Lipinski definition) is 2. The van der Waals surface area contributed by atoms with Crippen LogP contribution in [0.25, 0.3) is 43.6 Å². The van der Waals surface area contributed by atoms with E-state index in [9.17, 15) is 17.6 Å². The molecule has 0 saturated heterocycles. The molecule has 2 N–H and O–H groups in total. The smallest absolute Gasteiger partial charge is 0.152 e. The maximum absolute atomic E-state index is 14.4. The first-order valence-electron chi connectivity index (χ1n) is 13.5. The van der Waals surface area contributed by atoms with Gasteiger partial charge in [0, 0.05) is 46.8 Å². The highest BCUT2D eigenvalue weighted by molar-refractivity contribution is 6.08. The van der Waals surface area contributed by atoms with Crippen LogP contribution in [0.2, 0.25) is 0 Å². The third kappa shape index (κ3) is 5.63. The Morgan fingerprint density at radius 2 is 0.952 bits per heavy atom. The van der Waals surface area contributed by atoms with E-state index in [4.69, 9.17) is 9.47 Å². The third-order valence-electron chi connectivity index (χ3n) is 6.87. The van der Waals surface area contributed by atoms with Gasteiger partial charge in [-0.15, -0.1) is 0 Å². The van der Waals surface area contributed by atoms with Crippen LogP contribution in [0.5, 0.6) is 0 Å². The SMILES string of the molecule is Fc1cc(F)c2nc3ccccc3c(NCCOCCOCCNc3c4ccccc4nc4c(F)cc(F)cc34)c2c1. The number of hydrogen-bond acceptors (Lipinski definition) is 6. The summed E-state index contributed by atoms with van der Waals surface area (Å²) in [7, 11) is 0. The molecule has 42 heavy (non-hydrogen) atoms. The molecule has 0 aliphatic heterocycles. The molecule has 0 aliphatic carbocycles. The fraction of sp³-hybridized carbons (Fsp3) is 0.188. The lowest BCUT2D eigenvalue weighted by Gasteiger charge is -2.14. The van der Waals surface area contributed by atoms with Crippen LogP contribution in [-0.2, 0) is 9.47 Å². The van der Waals surface area contributed by atoms with Gasteiger partial charge in [-0.05, 0) is 24.3 Å². The Kier molecular flexibility index (Phi) is 7.98. The van der Waals surface area contributed by atoms with Crippen LogP contribution in [0.1, 0.15) is 0 Å². The summed E-state index contributed by atoms with van der Waals surface area (Å²) in [6.07, 6.45) is 0. The molecule has 0 amide bonds. The van der Waals surface area contributed by atoms with Crippen molar-refractivity contribution in [2.24, 2.45) is 0 Å². The highest BCUT2D eigenvalue weighted by Gasteiger charge is 2.15. The number of benzene rings is 4. The molecule has 0 atom stereocenters. The van der Waals surface area contributed by atoms with E-state index in [-0.39, 0.29) is 11.0 Å². The molecule has 214 valence electrons. The maximum atomic E-state index is 14.4. The lowest BCUT2D eigenvalue weighted by molar-refractivity contribution is 0.0557. The number of pyridine rings is 2. The Bertz CT molecular complexity index is 1780. The number of anilines is 2. The second kappa shape index (κ2) is 12.1. The van der Waals surface area contributed by atoms with E-state index in [2.05, 4.69) is 20.6 Å². The number of nitrogens with zero attached hydrogens (tertiary/aromatic N) is 2. The summed E-state index contributed by atoms with van der Waals surface area (Å²) in [5, 5.41) is 8.73. The highest BCUT2D eigenvalue weighted by Crippen LogP contribution is 2.33. The highest BCUT2D eigenvalue weighted by atomic mass is 19.1. The molecule has 0 radical (unpaired) electrons. The number of nitrogens with one attached hydrogen (secondary N) is 2. The number of halogens is 4. The lowest BCUT2D eigenvalue weighted by atomic mass is 10.1. The largest absolute Gasteiger partial charge is 0.382 e. The van der Waals surface area contributed by atoms with Gasteiger partial charge in [-0.2, -0.15) is 0 Å². The molecule has 0 fully saturated rings. The van der Waals surface area contributed by atoms with Gasteiger partial charge in [0.15, 0.2) is 11.6 Å². The quantitative estimate of drug-likeness (QED) is 0.0969. The van der Waals surface area contributed by atoms with Gasteiger partial charge in [-0.25, -0.2) is 27.5 Å². The molecule has 6 aromatic rings. The van der Waals surface area contributed by atoms with Crippen molar-refractivity contribution in [2.75, 3.05) is 50.2 Å². The van der Waals surface area contributed by atoms with Gasteiger partial charge in [0.05, 0.1) is 48.8 Å². The molecule has 6 rings (SSSR count). The first kappa shape index (κ1) is 27.6. The van der Waals surface area contributed by atoms with E-state index in [1.807, 2.05) is 36.4 Å². The van der Waals surface area contributed by atoms with Gasteiger partial charge in [-0.3, -0.25) is 0 Å². The second-order valence-electron chi connectivity index (χ2n) is 9.65. The molecule has 0 bridgehead atoms. The average molecular weight is 575 g/mol. The summed E-state index contributed by atoms with van der Waals surface area (Å²) in [5.74, 6) is -2.78. The van der Waals surface area contributed by atoms with Gasteiger partial charge in [0.2, 0.25) is 0 Å². The van der Waals surface area contributed by atoms with Crippen molar-refractivity contribution in [1.82, 2.24) is 9.97 Å². The first-order valence-corrected chi connectivity index (χ1v) is 13.5. The molecule has 0 saturated carbocycles. The van der Waals surface area contributed by atoms with Crippen LogP contribution < -0.4 is 10.6 Å². The van der Waals surface area contributed by atoms with Crippen LogP contribution in [0.4, 0.5) is 28.9 Å². The Morgan fingerprint density at radius 3 is 1.40 bits per heavy atom. The number of rotatable bonds is 11. The third-order valence-corrected chi connectivity index (χ3v) is 6.87. The molecule has 6 nitrogen and oxygen atoms in total. The monoisotopic (exact) mass is 574 g/mol. The molecule has 10 heteroatoms. The van der Waals surface area contributed by atoms with Crippen LogP contribution in [-0.4, -0.2) is 49.5 Å². The number of aromatic nitrogens is 2. The second-order valence-corrected chi connectivity index (χ2v) is 9.65. The zero-order valence-electron chi connectivity index (χ0n) is 22.4. The zero-order valence-corrected chi connectivity index (χ0v) is 22.4. The van der Waals surface area contributed by atoms with Crippen molar-refractivity contribution in [3.63, 3.8) is 0 Å². The zero-order chi connectivity index (χ0) is 29.1. The molecule has 4 aromatic carbocycles. The minimum atomic E-state index is -0.716. The van der Waals surface area contributed by atoms with Crippen molar-refractivity contribution in [3.05, 3.63) is 96.1 Å². The van der Waals surface area contributed by atoms with Gasteiger partial charge < -0.3 is 20.1 Å². The maximum Gasteiger partial charge on any atom is 0.152 e. The minimum absolute atomic E-state index is 0.101. The predicted octanol–water partition coefficient (Wildman–Crippen LogP) is 7.20. The molecular weight excluding hydrogens is 548 g/mol. The topological polar surface area (TPSA) is 68.3 Å². The Hall–Kier alpha value is -4.54. The summed E-state index contributed by atoms with van der Waals surface area (Å²) in [6.45, 7) is 2.14. The first-order chi connectivity index (χ1) is 20.5. The summed E-state index contributed by atoms with van der Waals surface area (Å²) >= 11 is 0. The van der Waals surface area contributed by atoms with E-state index in [1.165, 1.54) is 12.1 Å². The van der Waals surface area contributed by atoms with Crippen LogP contribution in [0.15, 0.2) is 72.8 Å². The van der Waals surface area contributed by atoms with Crippen LogP contribution in [0.3, 0.4) is 0 Å². The van der Waals surface area contributed by atoms with Gasteiger partial charge in [0.25, 0.3) is 0 Å². The van der Waals surface area contributed by atoms with Gasteiger partial charge >= 0.3 is 0 Å². The molecule has 0 aliphatic rings. The molecular formula is C32H26F4N4O2. The molecule has 0 unspecified atom stereocenters. The van der Waals surface area contributed by atoms with Gasteiger partial charge in [0.1, 0.15) is 22.7 Å². The number of fused-ring (bicyclic) bond motifs is 4. The van der Waals surface area contributed by atoms with E-state index in [1.54, 1.807) is 12.1 Å². The molecule has 2 heterocycles. The Balaban J connectivity index is 1.00. The molecule has 0 spiro atoms. The van der Waals surface area contributed by atoms with E-state index in [0.29, 0.717) is 72.7 Å². The van der Waals surface area contributed by atoms with Crippen LogP contribution >= 0.6 is 0 Å². The fourth-order valence-corrected chi connectivity index (χ4v) is 5.04. The van der Waals surface area contributed by atoms with Crippen molar-refractivity contribution in [3.8, 4) is 0 Å². The van der Waals surface area contributed by atoms with Crippen molar-refractivity contribution >= 4 is 55.0 Å². The summed E-state index contributed by atoms with van der Waals surface area (Å²) < 4.78 is 68.2. The predicted molar refractivity (Wildman–Crippen MR) is 157 cm³/mol. The van der Waals surface area contributed by atoms with Gasteiger partial charge in [-0.1, -0.05) is 36.4 Å². The van der Waals surface area contributed by atoms with Crippen molar-refractivity contribution < 1.29 is 27.0 Å². The summed E-state index contributed by atoms with van der Waals surface area (Å²) in [4.78, 5) is 8.72. The lowest BCUT2D eigenvalue weighted by Crippen LogP contribution is -2.15. The Labute approximate surface area is 238 Å². The standard InChI is InChI=1S/C32H26F4N4O2/c33-19-15-23-29(21-5-1-3-7-27(21)39-31(23)25(35)17-19)37-9-11-41-13-14-42-12-10-38-30-22-6-2-4-8-28(22)40-32-24(30)16-20(34)18-26(32)36/h1-8,15-18H,9-14H2,(H,37,39)(H,38,40). The number of ether oxygens (including phenoxy) is 2. The van der Waals surface area contributed by atoms with E-state index < -0.39 is 23.3 Å².